The average Bonchev–Trinajstić information content (AvgIpc) is 2.47. The Kier molecular flexibility index (Phi) is 3.31. The van der Waals surface area contributed by atoms with Gasteiger partial charge in [0, 0.05) is 12.1 Å². The number of carbonyl (C=O) groups is 1. The van der Waals surface area contributed by atoms with Gasteiger partial charge in [0.2, 0.25) is 0 Å². The van der Waals surface area contributed by atoms with Crippen LogP contribution in [0.25, 0.3) is 0 Å². The zero-order valence-corrected chi connectivity index (χ0v) is 11.9. The van der Waals surface area contributed by atoms with Crippen LogP contribution in [0.4, 0.5) is 5.69 Å². The third kappa shape index (κ3) is 3.07. The summed E-state index contributed by atoms with van der Waals surface area (Å²) in [6.07, 6.45) is 0.452. The second-order valence-corrected chi connectivity index (χ2v) is 6.19. The topological polar surface area (TPSA) is 61.5 Å². The number of nitrogen functional groups attached to an aromatic ring is 1. The smallest absolute Gasteiger partial charge is 0.338 e. The first kappa shape index (κ1) is 13.9. The summed E-state index contributed by atoms with van der Waals surface area (Å²) in [5.41, 5.74) is 6.00. The molecule has 0 amide bonds. The molecule has 104 valence electrons. The Balaban J connectivity index is 2.09. The lowest BCUT2D eigenvalue weighted by atomic mass is 9.97. The van der Waals surface area contributed by atoms with Crippen LogP contribution in [0.15, 0.2) is 24.3 Å². The van der Waals surface area contributed by atoms with E-state index in [-0.39, 0.29) is 17.7 Å². The Morgan fingerprint density at radius 2 is 1.84 bits per heavy atom. The fourth-order valence-corrected chi connectivity index (χ4v) is 2.51. The lowest BCUT2D eigenvalue weighted by molar-refractivity contribution is -0.0924. The zero-order valence-electron chi connectivity index (χ0n) is 11.9. The van der Waals surface area contributed by atoms with Crippen LogP contribution in [0.3, 0.4) is 0 Å². The SMILES string of the molecule is CC1(C)CC(OC(=O)c2ccc(N)cc2)C(C)(C)O1. The highest BCUT2D eigenvalue weighted by Gasteiger charge is 2.48. The summed E-state index contributed by atoms with van der Waals surface area (Å²) in [7, 11) is 0. The highest BCUT2D eigenvalue weighted by Crippen LogP contribution is 2.39. The van der Waals surface area contributed by atoms with E-state index in [9.17, 15) is 4.79 Å². The molecule has 1 aliphatic rings. The molecule has 1 atom stereocenters. The minimum absolute atomic E-state index is 0.243. The molecule has 0 aromatic heterocycles. The summed E-state index contributed by atoms with van der Waals surface area (Å²) in [5.74, 6) is -0.334. The second-order valence-electron chi connectivity index (χ2n) is 6.19. The number of nitrogens with two attached hydrogens (primary N) is 1. The molecule has 0 aliphatic carbocycles. The number of esters is 1. The van der Waals surface area contributed by atoms with Crippen LogP contribution in [0.2, 0.25) is 0 Å². The largest absolute Gasteiger partial charge is 0.456 e. The summed E-state index contributed by atoms with van der Waals surface area (Å²) in [4.78, 5) is 12.1. The summed E-state index contributed by atoms with van der Waals surface area (Å²) in [6, 6.07) is 6.73. The maximum Gasteiger partial charge on any atom is 0.338 e. The van der Waals surface area contributed by atoms with Crippen molar-refractivity contribution in [3.05, 3.63) is 29.8 Å². The van der Waals surface area contributed by atoms with Crippen molar-refractivity contribution in [1.82, 2.24) is 0 Å². The Labute approximate surface area is 113 Å². The Morgan fingerprint density at radius 3 is 2.32 bits per heavy atom. The van der Waals surface area contributed by atoms with Gasteiger partial charge in [-0.1, -0.05) is 0 Å². The van der Waals surface area contributed by atoms with Crippen molar-refractivity contribution in [1.29, 1.82) is 0 Å². The van der Waals surface area contributed by atoms with Gasteiger partial charge in [-0.2, -0.15) is 0 Å². The number of carbonyl (C=O) groups excluding carboxylic acids is 1. The van der Waals surface area contributed by atoms with Crippen LogP contribution in [0, 0.1) is 0 Å². The molecular weight excluding hydrogens is 242 g/mol. The van der Waals surface area contributed by atoms with Crippen molar-refractivity contribution in [3.8, 4) is 0 Å². The molecule has 4 heteroatoms. The van der Waals surface area contributed by atoms with Crippen LogP contribution in [0.1, 0.15) is 44.5 Å². The van der Waals surface area contributed by atoms with Crippen LogP contribution in [-0.4, -0.2) is 23.3 Å². The zero-order chi connectivity index (χ0) is 14.3. The van der Waals surface area contributed by atoms with Crippen molar-refractivity contribution in [2.75, 3.05) is 5.73 Å². The van der Waals surface area contributed by atoms with Gasteiger partial charge in [0.25, 0.3) is 0 Å². The van der Waals surface area contributed by atoms with E-state index in [1.165, 1.54) is 0 Å². The van der Waals surface area contributed by atoms with Crippen LogP contribution in [0.5, 0.6) is 0 Å². The number of rotatable bonds is 2. The van der Waals surface area contributed by atoms with Gasteiger partial charge < -0.3 is 15.2 Å². The molecular formula is C15H21NO3. The van der Waals surface area contributed by atoms with Gasteiger partial charge in [-0.15, -0.1) is 0 Å². The van der Waals surface area contributed by atoms with Crippen LogP contribution >= 0.6 is 0 Å². The molecule has 2 N–H and O–H groups in total. The fourth-order valence-electron chi connectivity index (χ4n) is 2.51. The van der Waals surface area contributed by atoms with Crippen LogP contribution < -0.4 is 5.73 Å². The molecule has 0 spiro atoms. The second kappa shape index (κ2) is 4.53. The van der Waals surface area contributed by atoms with E-state index in [1.54, 1.807) is 24.3 Å². The molecule has 4 nitrogen and oxygen atoms in total. The standard InChI is InChI=1S/C15H21NO3/c1-14(2)9-12(15(3,4)19-14)18-13(17)10-5-7-11(16)8-6-10/h5-8,12H,9,16H2,1-4H3. The molecule has 1 heterocycles. The van der Waals surface area contributed by atoms with Gasteiger partial charge in [-0.25, -0.2) is 4.79 Å². The van der Waals surface area contributed by atoms with Gasteiger partial charge in [-0.05, 0) is 52.0 Å². The third-order valence-corrected chi connectivity index (χ3v) is 3.39. The van der Waals surface area contributed by atoms with E-state index in [1.807, 2.05) is 27.7 Å². The van der Waals surface area contributed by atoms with Gasteiger partial charge in [0.1, 0.15) is 11.7 Å². The van der Waals surface area contributed by atoms with Crippen molar-refractivity contribution in [3.63, 3.8) is 0 Å². The number of ether oxygens (including phenoxy) is 2. The van der Waals surface area contributed by atoms with Crippen molar-refractivity contribution < 1.29 is 14.3 Å². The van der Waals surface area contributed by atoms with Gasteiger partial charge >= 0.3 is 5.97 Å². The molecule has 0 saturated carbocycles. The average molecular weight is 263 g/mol. The highest BCUT2D eigenvalue weighted by atomic mass is 16.6. The molecule has 1 saturated heterocycles. The minimum Gasteiger partial charge on any atom is -0.456 e. The maximum atomic E-state index is 12.1. The van der Waals surface area contributed by atoms with E-state index >= 15 is 0 Å². The number of hydrogen-bond acceptors (Lipinski definition) is 4. The summed E-state index contributed by atoms with van der Waals surface area (Å²) in [6.45, 7) is 7.91. The number of hydrogen-bond donors (Lipinski definition) is 1. The van der Waals surface area contributed by atoms with E-state index < -0.39 is 5.60 Å². The summed E-state index contributed by atoms with van der Waals surface area (Å²) < 4.78 is 11.5. The lowest BCUT2D eigenvalue weighted by Crippen LogP contribution is -2.36. The normalized spacial score (nSPS) is 24.1. The Bertz CT molecular complexity index is 477. The minimum atomic E-state index is -0.465. The van der Waals surface area contributed by atoms with E-state index in [0.29, 0.717) is 17.7 Å². The summed E-state index contributed by atoms with van der Waals surface area (Å²) in [5, 5.41) is 0. The molecule has 2 rings (SSSR count). The first-order valence-electron chi connectivity index (χ1n) is 6.46. The quantitative estimate of drug-likeness (QED) is 0.658. The van der Waals surface area contributed by atoms with Crippen molar-refractivity contribution in [2.24, 2.45) is 0 Å². The Morgan fingerprint density at radius 1 is 1.26 bits per heavy atom. The van der Waals surface area contributed by atoms with Gasteiger partial charge in [0.05, 0.1) is 11.2 Å². The first-order valence-corrected chi connectivity index (χ1v) is 6.46. The molecule has 1 aliphatic heterocycles. The van der Waals surface area contributed by atoms with Gasteiger partial charge in [0.15, 0.2) is 0 Å². The fraction of sp³-hybridized carbons (Fsp3) is 0.533. The number of benzene rings is 1. The van der Waals surface area contributed by atoms with E-state index in [2.05, 4.69) is 0 Å². The molecule has 1 aromatic rings. The number of anilines is 1. The van der Waals surface area contributed by atoms with E-state index in [0.717, 1.165) is 0 Å². The summed E-state index contributed by atoms with van der Waals surface area (Å²) >= 11 is 0. The molecule has 19 heavy (non-hydrogen) atoms. The van der Waals surface area contributed by atoms with Crippen molar-refractivity contribution in [2.45, 2.75) is 51.4 Å². The van der Waals surface area contributed by atoms with E-state index in [4.69, 9.17) is 15.2 Å². The maximum absolute atomic E-state index is 12.1. The molecule has 1 fully saturated rings. The van der Waals surface area contributed by atoms with Gasteiger partial charge in [-0.3, -0.25) is 0 Å². The molecule has 1 aromatic carbocycles. The molecule has 1 unspecified atom stereocenters. The third-order valence-electron chi connectivity index (χ3n) is 3.39. The monoisotopic (exact) mass is 263 g/mol. The predicted molar refractivity (Wildman–Crippen MR) is 73.9 cm³/mol. The molecule has 0 bridgehead atoms. The molecule has 0 radical (unpaired) electrons. The van der Waals surface area contributed by atoms with Crippen molar-refractivity contribution >= 4 is 11.7 Å². The van der Waals surface area contributed by atoms with Crippen LogP contribution in [-0.2, 0) is 9.47 Å². The highest BCUT2D eigenvalue weighted by molar-refractivity contribution is 5.89. The predicted octanol–water partition coefficient (Wildman–Crippen LogP) is 2.77. The Hall–Kier alpha value is -1.55. The first-order chi connectivity index (χ1) is 8.70. The lowest BCUT2D eigenvalue weighted by Gasteiger charge is -2.26.